The first kappa shape index (κ1) is 18.5. The summed E-state index contributed by atoms with van der Waals surface area (Å²) in [7, 11) is 0. The molecule has 0 bridgehead atoms. The Labute approximate surface area is 154 Å². The Kier molecular flexibility index (Phi) is 5.93. The van der Waals surface area contributed by atoms with Crippen molar-refractivity contribution in [1.29, 1.82) is 0 Å². The largest absolute Gasteiger partial charge is 0.359 e. The van der Waals surface area contributed by atoms with Crippen LogP contribution in [0.4, 0.5) is 10.5 Å². The first-order valence-corrected chi connectivity index (χ1v) is 9.45. The zero-order chi connectivity index (χ0) is 18.5. The van der Waals surface area contributed by atoms with E-state index in [9.17, 15) is 9.59 Å². The number of likely N-dealkylation sites (tertiary alicyclic amines) is 1. The SMILES string of the molecule is Cc1ccc2[nH]cc(NC(=O)NCCCN3CCCC[C@@H]3C)c(=O)c2c1. The fourth-order valence-electron chi connectivity index (χ4n) is 3.57. The highest BCUT2D eigenvalue weighted by Gasteiger charge is 2.17. The van der Waals surface area contributed by atoms with Gasteiger partial charge in [-0.15, -0.1) is 0 Å². The smallest absolute Gasteiger partial charge is 0.319 e. The molecule has 1 aromatic carbocycles. The zero-order valence-electron chi connectivity index (χ0n) is 15.6. The molecule has 1 aliphatic heterocycles. The number of urea groups is 1. The number of piperidine rings is 1. The van der Waals surface area contributed by atoms with E-state index in [0.29, 0.717) is 18.0 Å². The van der Waals surface area contributed by atoms with Gasteiger partial charge in [0.1, 0.15) is 5.69 Å². The fourth-order valence-corrected chi connectivity index (χ4v) is 3.57. The number of nitrogens with one attached hydrogen (secondary N) is 3. The van der Waals surface area contributed by atoms with E-state index < -0.39 is 0 Å². The first-order valence-electron chi connectivity index (χ1n) is 9.45. The van der Waals surface area contributed by atoms with Crippen molar-refractivity contribution < 1.29 is 4.79 Å². The molecule has 0 radical (unpaired) electrons. The average molecular weight is 356 g/mol. The molecule has 0 aliphatic carbocycles. The maximum absolute atomic E-state index is 12.5. The second kappa shape index (κ2) is 8.36. The molecule has 6 heteroatoms. The summed E-state index contributed by atoms with van der Waals surface area (Å²) in [6.45, 7) is 6.96. The summed E-state index contributed by atoms with van der Waals surface area (Å²) in [5.74, 6) is 0. The van der Waals surface area contributed by atoms with Crippen LogP contribution in [0.3, 0.4) is 0 Å². The second-order valence-corrected chi connectivity index (χ2v) is 7.20. The summed E-state index contributed by atoms with van der Waals surface area (Å²) in [5.41, 5.74) is 1.88. The van der Waals surface area contributed by atoms with Gasteiger partial charge in [0.15, 0.2) is 0 Å². The molecule has 2 amide bonds. The van der Waals surface area contributed by atoms with E-state index in [1.54, 1.807) is 6.20 Å². The molecule has 3 N–H and O–H groups in total. The number of rotatable bonds is 5. The number of H-pyrrole nitrogens is 1. The third-order valence-corrected chi connectivity index (χ3v) is 5.13. The van der Waals surface area contributed by atoms with Gasteiger partial charge in [-0.25, -0.2) is 4.79 Å². The third kappa shape index (κ3) is 4.43. The summed E-state index contributed by atoms with van der Waals surface area (Å²) in [6.07, 6.45) is 6.30. The van der Waals surface area contributed by atoms with Crippen LogP contribution in [0.25, 0.3) is 10.9 Å². The quantitative estimate of drug-likeness (QED) is 0.720. The van der Waals surface area contributed by atoms with Crippen molar-refractivity contribution in [2.45, 2.75) is 45.6 Å². The summed E-state index contributed by atoms with van der Waals surface area (Å²) in [5, 5.41) is 6.09. The number of benzene rings is 1. The standard InChI is InChI=1S/C20H28N4O2/c1-14-7-8-17-16(12-14)19(25)18(13-22-17)23-20(26)21-9-5-11-24-10-4-3-6-15(24)2/h7-8,12-13,15H,3-6,9-11H2,1-2H3,(H,22,25)(H2,21,23,26)/t15-/m0/s1. The number of nitrogens with zero attached hydrogens (tertiary/aromatic N) is 1. The second-order valence-electron chi connectivity index (χ2n) is 7.20. The average Bonchev–Trinajstić information content (AvgIpc) is 2.63. The van der Waals surface area contributed by atoms with Crippen LogP contribution in [0.1, 0.15) is 38.2 Å². The van der Waals surface area contributed by atoms with E-state index in [1.165, 1.54) is 19.3 Å². The molecule has 1 aromatic heterocycles. The summed E-state index contributed by atoms with van der Waals surface area (Å²) >= 11 is 0. The Bertz CT molecular complexity index is 830. The maximum atomic E-state index is 12.5. The number of aryl methyl sites for hydroxylation is 1. The predicted octanol–water partition coefficient (Wildman–Crippen LogP) is 3.22. The Balaban J connectivity index is 1.51. The lowest BCUT2D eigenvalue weighted by atomic mass is 10.0. The molecule has 0 saturated carbocycles. The minimum Gasteiger partial charge on any atom is -0.359 e. The molecule has 1 saturated heterocycles. The number of anilines is 1. The minimum absolute atomic E-state index is 0.167. The number of amides is 2. The third-order valence-electron chi connectivity index (χ3n) is 5.13. The summed E-state index contributed by atoms with van der Waals surface area (Å²) < 4.78 is 0. The van der Waals surface area contributed by atoms with Crippen LogP contribution in [0.2, 0.25) is 0 Å². The van der Waals surface area contributed by atoms with Crippen molar-refractivity contribution in [2.75, 3.05) is 25.0 Å². The molecule has 3 rings (SSSR count). The van der Waals surface area contributed by atoms with Crippen LogP contribution >= 0.6 is 0 Å². The number of aromatic amines is 1. The molecular formula is C20H28N4O2. The predicted molar refractivity (Wildman–Crippen MR) is 106 cm³/mol. The van der Waals surface area contributed by atoms with E-state index >= 15 is 0 Å². The van der Waals surface area contributed by atoms with E-state index in [4.69, 9.17) is 0 Å². The van der Waals surface area contributed by atoms with Gasteiger partial charge in [-0.3, -0.25) is 4.79 Å². The van der Waals surface area contributed by atoms with Crippen molar-refractivity contribution in [2.24, 2.45) is 0 Å². The van der Waals surface area contributed by atoms with E-state index in [0.717, 1.165) is 30.6 Å². The van der Waals surface area contributed by atoms with E-state index in [1.807, 2.05) is 25.1 Å². The fraction of sp³-hybridized carbons (Fsp3) is 0.500. The number of pyridine rings is 1. The van der Waals surface area contributed by atoms with Crippen molar-refractivity contribution in [3.8, 4) is 0 Å². The Morgan fingerprint density at radius 2 is 2.19 bits per heavy atom. The van der Waals surface area contributed by atoms with Crippen molar-refractivity contribution >= 4 is 22.6 Å². The molecule has 0 spiro atoms. The molecule has 1 aliphatic rings. The summed E-state index contributed by atoms with van der Waals surface area (Å²) in [6, 6.07) is 5.95. The topological polar surface area (TPSA) is 77.2 Å². The minimum atomic E-state index is -0.339. The molecule has 2 aromatic rings. The van der Waals surface area contributed by atoms with Crippen LogP contribution in [0.5, 0.6) is 0 Å². The van der Waals surface area contributed by atoms with Gasteiger partial charge in [-0.05, 0) is 51.8 Å². The molecule has 2 heterocycles. The summed E-state index contributed by atoms with van der Waals surface area (Å²) in [4.78, 5) is 30.2. The highest BCUT2D eigenvalue weighted by Crippen LogP contribution is 2.16. The lowest BCUT2D eigenvalue weighted by Crippen LogP contribution is -2.39. The maximum Gasteiger partial charge on any atom is 0.319 e. The Morgan fingerprint density at radius 3 is 3.00 bits per heavy atom. The van der Waals surface area contributed by atoms with Gasteiger partial charge >= 0.3 is 6.03 Å². The normalized spacial score (nSPS) is 18.0. The van der Waals surface area contributed by atoms with Crippen LogP contribution in [-0.4, -0.2) is 41.6 Å². The van der Waals surface area contributed by atoms with Gasteiger partial charge in [0, 0.05) is 36.2 Å². The molecule has 0 unspecified atom stereocenters. The molecule has 26 heavy (non-hydrogen) atoms. The number of hydrogen-bond donors (Lipinski definition) is 3. The van der Waals surface area contributed by atoms with Gasteiger partial charge < -0.3 is 20.5 Å². The number of hydrogen-bond acceptors (Lipinski definition) is 3. The van der Waals surface area contributed by atoms with Crippen LogP contribution in [0.15, 0.2) is 29.2 Å². The van der Waals surface area contributed by atoms with Crippen LogP contribution in [0, 0.1) is 6.92 Å². The number of carbonyl (C=O) groups is 1. The van der Waals surface area contributed by atoms with E-state index in [2.05, 4.69) is 27.4 Å². The monoisotopic (exact) mass is 356 g/mol. The number of aromatic nitrogens is 1. The molecule has 1 fully saturated rings. The molecule has 140 valence electrons. The lowest BCUT2D eigenvalue weighted by Gasteiger charge is -2.33. The highest BCUT2D eigenvalue weighted by molar-refractivity contribution is 5.91. The first-order chi connectivity index (χ1) is 12.5. The van der Waals surface area contributed by atoms with Crippen molar-refractivity contribution in [1.82, 2.24) is 15.2 Å². The van der Waals surface area contributed by atoms with Gasteiger partial charge in [-0.2, -0.15) is 0 Å². The highest BCUT2D eigenvalue weighted by atomic mass is 16.2. The Hall–Kier alpha value is -2.34. The number of fused-ring (bicyclic) bond motifs is 1. The van der Waals surface area contributed by atoms with Crippen molar-refractivity contribution in [3.63, 3.8) is 0 Å². The molecular weight excluding hydrogens is 328 g/mol. The molecule has 1 atom stereocenters. The van der Waals surface area contributed by atoms with Gasteiger partial charge in [0.2, 0.25) is 5.43 Å². The van der Waals surface area contributed by atoms with Crippen molar-refractivity contribution in [3.05, 3.63) is 40.2 Å². The zero-order valence-corrected chi connectivity index (χ0v) is 15.6. The lowest BCUT2D eigenvalue weighted by molar-refractivity contribution is 0.159. The Morgan fingerprint density at radius 1 is 1.35 bits per heavy atom. The van der Waals surface area contributed by atoms with Gasteiger partial charge in [-0.1, -0.05) is 18.1 Å². The van der Waals surface area contributed by atoms with Gasteiger partial charge in [0.25, 0.3) is 0 Å². The number of carbonyl (C=O) groups excluding carboxylic acids is 1. The van der Waals surface area contributed by atoms with Crippen LogP contribution in [-0.2, 0) is 0 Å². The van der Waals surface area contributed by atoms with E-state index in [-0.39, 0.29) is 17.1 Å². The van der Waals surface area contributed by atoms with Gasteiger partial charge in [0.05, 0.1) is 0 Å². The van der Waals surface area contributed by atoms with Crippen LogP contribution < -0.4 is 16.1 Å². The molecule has 6 nitrogen and oxygen atoms in total.